The number of hydrogen-bond donors (Lipinski definition) is 0. The molecule has 0 fully saturated rings. The zero-order chi connectivity index (χ0) is 10.4. The SMILES string of the molecule is CN(CCc1ccccc1)C(=O)CF. The minimum atomic E-state index is -0.911. The van der Waals surface area contributed by atoms with Crippen molar-refractivity contribution in [1.29, 1.82) is 0 Å². The molecule has 0 aromatic heterocycles. The highest BCUT2D eigenvalue weighted by atomic mass is 19.1. The van der Waals surface area contributed by atoms with Gasteiger partial charge in [-0.15, -0.1) is 0 Å². The van der Waals surface area contributed by atoms with Crippen molar-refractivity contribution >= 4 is 5.91 Å². The van der Waals surface area contributed by atoms with Crippen LogP contribution in [-0.4, -0.2) is 31.1 Å². The van der Waals surface area contributed by atoms with Crippen LogP contribution < -0.4 is 0 Å². The molecule has 0 heterocycles. The minimum Gasteiger partial charge on any atom is -0.343 e. The second-order valence-corrected chi connectivity index (χ2v) is 3.18. The molecule has 0 atom stereocenters. The minimum absolute atomic E-state index is 0.457. The maximum atomic E-state index is 12.0. The predicted octanol–water partition coefficient (Wildman–Crippen LogP) is 1.66. The Kier molecular flexibility index (Phi) is 4.11. The van der Waals surface area contributed by atoms with E-state index in [-0.39, 0.29) is 0 Å². The summed E-state index contributed by atoms with van der Waals surface area (Å²) < 4.78 is 12.0. The first kappa shape index (κ1) is 10.7. The number of carbonyl (C=O) groups is 1. The zero-order valence-corrected chi connectivity index (χ0v) is 8.24. The van der Waals surface area contributed by atoms with Gasteiger partial charge < -0.3 is 4.90 Å². The van der Waals surface area contributed by atoms with Crippen LogP contribution in [-0.2, 0) is 11.2 Å². The molecular formula is C11H14FNO. The molecule has 1 amide bonds. The van der Waals surface area contributed by atoms with Crippen molar-refractivity contribution in [2.45, 2.75) is 6.42 Å². The van der Waals surface area contributed by atoms with E-state index in [9.17, 15) is 9.18 Å². The number of hydrogen-bond acceptors (Lipinski definition) is 1. The maximum Gasteiger partial charge on any atom is 0.253 e. The van der Waals surface area contributed by atoms with Crippen LogP contribution in [0.1, 0.15) is 5.56 Å². The van der Waals surface area contributed by atoms with Gasteiger partial charge in [0, 0.05) is 13.6 Å². The summed E-state index contributed by atoms with van der Waals surface area (Å²) in [5.41, 5.74) is 1.16. The van der Waals surface area contributed by atoms with Crippen molar-refractivity contribution in [3.8, 4) is 0 Å². The molecule has 0 bridgehead atoms. The van der Waals surface area contributed by atoms with Crippen LogP contribution in [0.3, 0.4) is 0 Å². The summed E-state index contributed by atoms with van der Waals surface area (Å²) in [6.45, 7) is -0.349. The van der Waals surface area contributed by atoms with E-state index >= 15 is 0 Å². The van der Waals surface area contributed by atoms with E-state index in [0.29, 0.717) is 6.54 Å². The number of benzene rings is 1. The molecule has 76 valence electrons. The third-order valence-electron chi connectivity index (χ3n) is 2.12. The molecule has 14 heavy (non-hydrogen) atoms. The Bertz CT molecular complexity index is 287. The van der Waals surface area contributed by atoms with Crippen molar-refractivity contribution in [2.24, 2.45) is 0 Å². The molecule has 0 aliphatic rings. The van der Waals surface area contributed by atoms with Crippen molar-refractivity contribution in [3.05, 3.63) is 35.9 Å². The Morgan fingerprint density at radius 2 is 2.00 bits per heavy atom. The third kappa shape index (κ3) is 3.17. The molecule has 0 unspecified atom stereocenters. The fraction of sp³-hybridized carbons (Fsp3) is 0.364. The fourth-order valence-electron chi connectivity index (χ4n) is 1.17. The predicted molar refractivity (Wildman–Crippen MR) is 53.8 cm³/mol. The van der Waals surface area contributed by atoms with Gasteiger partial charge >= 0.3 is 0 Å². The lowest BCUT2D eigenvalue weighted by Gasteiger charge is -2.14. The molecule has 0 aliphatic carbocycles. The van der Waals surface area contributed by atoms with Crippen molar-refractivity contribution in [3.63, 3.8) is 0 Å². The van der Waals surface area contributed by atoms with Crippen molar-refractivity contribution in [2.75, 3.05) is 20.3 Å². The van der Waals surface area contributed by atoms with Gasteiger partial charge in [0.25, 0.3) is 5.91 Å². The fourth-order valence-corrected chi connectivity index (χ4v) is 1.17. The van der Waals surface area contributed by atoms with E-state index in [2.05, 4.69) is 0 Å². The number of amides is 1. The summed E-state index contributed by atoms with van der Waals surface area (Å²) in [6, 6.07) is 9.83. The van der Waals surface area contributed by atoms with Gasteiger partial charge in [0.05, 0.1) is 0 Å². The second kappa shape index (κ2) is 5.37. The molecule has 0 N–H and O–H groups in total. The molecule has 0 saturated heterocycles. The molecule has 3 heteroatoms. The number of carbonyl (C=O) groups excluding carboxylic acids is 1. The molecule has 1 rings (SSSR count). The van der Waals surface area contributed by atoms with E-state index < -0.39 is 12.6 Å². The molecule has 2 nitrogen and oxygen atoms in total. The Morgan fingerprint density at radius 1 is 1.36 bits per heavy atom. The number of halogens is 1. The van der Waals surface area contributed by atoms with Crippen LogP contribution in [0.25, 0.3) is 0 Å². The molecule has 0 saturated carbocycles. The lowest BCUT2D eigenvalue weighted by atomic mass is 10.1. The first-order chi connectivity index (χ1) is 6.74. The van der Waals surface area contributed by atoms with E-state index in [1.165, 1.54) is 4.90 Å². The van der Waals surface area contributed by atoms with Crippen molar-refractivity contribution < 1.29 is 9.18 Å². The van der Waals surface area contributed by atoms with E-state index in [4.69, 9.17) is 0 Å². The Hall–Kier alpha value is -1.38. The summed E-state index contributed by atoms with van der Waals surface area (Å²) in [5.74, 6) is -0.457. The number of nitrogens with zero attached hydrogens (tertiary/aromatic N) is 1. The summed E-state index contributed by atoms with van der Waals surface area (Å²) in [7, 11) is 1.62. The summed E-state index contributed by atoms with van der Waals surface area (Å²) >= 11 is 0. The van der Waals surface area contributed by atoms with Crippen LogP contribution in [0.5, 0.6) is 0 Å². The summed E-state index contributed by atoms with van der Waals surface area (Å²) in [6.07, 6.45) is 0.767. The molecule has 0 spiro atoms. The number of rotatable bonds is 4. The van der Waals surface area contributed by atoms with Crippen LogP contribution in [0.2, 0.25) is 0 Å². The zero-order valence-electron chi connectivity index (χ0n) is 8.24. The van der Waals surface area contributed by atoms with Crippen LogP contribution in [0.15, 0.2) is 30.3 Å². The first-order valence-corrected chi connectivity index (χ1v) is 4.58. The monoisotopic (exact) mass is 195 g/mol. The molecule has 0 radical (unpaired) electrons. The highest BCUT2D eigenvalue weighted by molar-refractivity contribution is 5.76. The highest BCUT2D eigenvalue weighted by Gasteiger charge is 2.06. The lowest BCUT2D eigenvalue weighted by molar-refractivity contribution is -0.130. The van der Waals surface area contributed by atoms with Gasteiger partial charge in [-0.05, 0) is 12.0 Å². The first-order valence-electron chi connectivity index (χ1n) is 4.58. The van der Waals surface area contributed by atoms with Gasteiger partial charge in [-0.1, -0.05) is 30.3 Å². The Morgan fingerprint density at radius 3 is 2.57 bits per heavy atom. The average Bonchev–Trinajstić information content (AvgIpc) is 2.26. The van der Waals surface area contributed by atoms with E-state index in [1.54, 1.807) is 7.05 Å². The molecule has 1 aromatic rings. The van der Waals surface area contributed by atoms with Gasteiger partial charge in [-0.3, -0.25) is 4.79 Å². The Balaban J connectivity index is 2.38. The molecule has 1 aromatic carbocycles. The molecular weight excluding hydrogens is 181 g/mol. The number of alkyl halides is 1. The van der Waals surface area contributed by atoms with Crippen LogP contribution >= 0.6 is 0 Å². The van der Waals surface area contributed by atoms with Gasteiger partial charge in [0.2, 0.25) is 0 Å². The highest BCUT2D eigenvalue weighted by Crippen LogP contribution is 2.00. The van der Waals surface area contributed by atoms with Crippen LogP contribution in [0.4, 0.5) is 4.39 Å². The summed E-state index contributed by atoms with van der Waals surface area (Å²) in [4.78, 5) is 12.3. The smallest absolute Gasteiger partial charge is 0.253 e. The van der Waals surface area contributed by atoms with Crippen molar-refractivity contribution in [1.82, 2.24) is 4.90 Å². The van der Waals surface area contributed by atoms with E-state index in [1.807, 2.05) is 30.3 Å². The number of likely N-dealkylation sites (N-methyl/N-ethyl adjacent to an activating group) is 1. The topological polar surface area (TPSA) is 20.3 Å². The average molecular weight is 195 g/mol. The Labute approximate surface area is 83.3 Å². The largest absolute Gasteiger partial charge is 0.343 e. The van der Waals surface area contributed by atoms with Gasteiger partial charge in [0.1, 0.15) is 0 Å². The maximum absolute atomic E-state index is 12.0. The van der Waals surface area contributed by atoms with Gasteiger partial charge in [0.15, 0.2) is 6.67 Å². The second-order valence-electron chi connectivity index (χ2n) is 3.18. The van der Waals surface area contributed by atoms with Gasteiger partial charge in [-0.2, -0.15) is 0 Å². The lowest BCUT2D eigenvalue weighted by Crippen LogP contribution is -2.29. The normalized spacial score (nSPS) is 9.86. The molecule has 0 aliphatic heterocycles. The van der Waals surface area contributed by atoms with Crippen LogP contribution in [0, 0.1) is 0 Å². The third-order valence-corrected chi connectivity index (χ3v) is 2.12. The summed E-state index contributed by atoms with van der Waals surface area (Å²) in [5, 5.41) is 0. The van der Waals surface area contributed by atoms with Gasteiger partial charge in [-0.25, -0.2) is 4.39 Å². The standard InChI is InChI=1S/C11H14FNO/c1-13(11(14)9-12)8-7-10-5-3-2-4-6-10/h2-6H,7-9H2,1H3. The quantitative estimate of drug-likeness (QED) is 0.715. The van der Waals surface area contributed by atoms with E-state index in [0.717, 1.165) is 12.0 Å².